The number of anilines is 1. The van der Waals surface area contributed by atoms with Crippen LogP contribution in [0.1, 0.15) is 42.0 Å². The number of carbonyl (C=O) groups excluding carboxylic acids is 1. The maximum atomic E-state index is 14.5. The zero-order chi connectivity index (χ0) is 27.6. The zero-order valence-electron chi connectivity index (χ0n) is 21.6. The maximum absolute atomic E-state index is 14.5. The van der Waals surface area contributed by atoms with Gasteiger partial charge in [0.25, 0.3) is 10.0 Å². The molecule has 0 N–H and O–H groups in total. The number of carbonyl (C=O) groups is 1. The summed E-state index contributed by atoms with van der Waals surface area (Å²) in [5, 5.41) is 0.285. The Hall–Kier alpha value is -3.36. The van der Waals surface area contributed by atoms with Crippen molar-refractivity contribution >= 4 is 44.9 Å². The Morgan fingerprint density at radius 1 is 1.16 bits per heavy atom. The summed E-state index contributed by atoms with van der Waals surface area (Å²) in [4.78, 5) is 11.9. The summed E-state index contributed by atoms with van der Waals surface area (Å²) in [7, 11) is -2.66. The van der Waals surface area contributed by atoms with Gasteiger partial charge >= 0.3 is 5.97 Å². The van der Waals surface area contributed by atoms with Gasteiger partial charge in [0.1, 0.15) is 17.7 Å². The number of nitrogens with zero attached hydrogens (tertiary/aromatic N) is 1. The van der Waals surface area contributed by atoms with Crippen LogP contribution >= 0.6 is 11.6 Å². The van der Waals surface area contributed by atoms with Crippen molar-refractivity contribution in [2.75, 3.05) is 18.0 Å². The van der Waals surface area contributed by atoms with Gasteiger partial charge < -0.3 is 9.47 Å². The standard InChI is InChI=1S/C29H29ClFNO5S/c1-18-8-11-23(15-19(18)2)38(34,35)32-17-22(10-13-28(33)36-4)37-27-12-9-21(16-26(27)32)14-20(3)29-24(30)6-5-7-25(29)31/h5-9,11-12,14-16,22H,10,13,17H2,1-4H3/b20-14+/t22-/m0/s1. The largest absolute Gasteiger partial charge is 0.486 e. The lowest BCUT2D eigenvalue weighted by Gasteiger charge is -2.35. The number of allylic oxidation sites excluding steroid dienone is 1. The number of benzene rings is 3. The van der Waals surface area contributed by atoms with E-state index in [1.807, 2.05) is 13.8 Å². The van der Waals surface area contributed by atoms with Gasteiger partial charge in [-0.3, -0.25) is 9.10 Å². The number of fused-ring (bicyclic) bond motifs is 1. The predicted molar refractivity (Wildman–Crippen MR) is 148 cm³/mol. The molecule has 1 aliphatic heterocycles. The maximum Gasteiger partial charge on any atom is 0.305 e. The first-order valence-electron chi connectivity index (χ1n) is 12.1. The van der Waals surface area contributed by atoms with E-state index in [1.54, 1.807) is 55.5 Å². The molecule has 4 rings (SSSR count). The van der Waals surface area contributed by atoms with E-state index in [9.17, 15) is 17.6 Å². The van der Waals surface area contributed by atoms with Crippen molar-refractivity contribution in [1.29, 1.82) is 0 Å². The van der Waals surface area contributed by atoms with Gasteiger partial charge in [-0.15, -0.1) is 0 Å². The van der Waals surface area contributed by atoms with Crippen LogP contribution in [0.5, 0.6) is 5.75 Å². The van der Waals surface area contributed by atoms with E-state index >= 15 is 0 Å². The van der Waals surface area contributed by atoms with Crippen LogP contribution in [0.2, 0.25) is 5.02 Å². The van der Waals surface area contributed by atoms with Gasteiger partial charge in [-0.1, -0.05) is 35.9 Å². The first kappa shape index (κ1) is 27.7. The molecule has 0 saturated heterocycles. The molecule has 0 bridgehead atoms. The first-order valence-corrected chi connectivity index (χ1v) is 13.9. The SMILES string of the molecule is COC(=O)CC[C@H]1CN(S(=O)(=O)c2ccc(C)c(C)c2)c2cc(/C=C(\C)c3c(F)cccc3Cl)ccc2O1. The highest BCUT2D eigenvalue weighted by atomic mass is 35.5. The Kier molecular flexibility index (Phi) is 8.13. The number of sulfonamides is 1. The van der Waals surface area contributed by atoms with Gasteiger partial charge in [-0.2, -0.15) is 0 Å². The van der Waals surface area contributed by atoms with Crippen molar-refractivity contribution in [3.05, 3.63) is 87.7 Å². The molecule has 0 saturated carbocycles. The van der Waals surface area contributed by atoms with E-state index in [0.717, 1.165) is 11.1 Å². The third kappa shape index (κ3) is 5.71. The number of rotatable bonds is 7. The van der Waals surface area contributed by atoms with E-state index in [4.69, 9.17) is 21.1 Å². The smallest absolute Gasteiger partial charge is 0.305 e. The summed E-state index contributed by atoms with van der Waals surface area (Å²) in [6.45, 7) is 5.54. The molecule has 0 unspecified atom stereocenters. The molecule has 3 aromatic rings. The average molecular weight is 558 g/mol. The lowest BCUT2D eigenvalue weighted by Crippen LogP contribution is -2.43. The second kappa shape index (κ2) is 11.2. The minimum atomic E-state index is -3.97. The van der Waals surface area contributed by atoms with Crippen LogP contribution in [-0.2, 0) is 19.6 Å². The lowest BCUT2D eigenvalue weighted by atomic mass is 10.0. The molecule has 0 spiro atoms. The van der Waals surface area contributed by atoms with Crippen molar-refractivity contribution in [2.45, 2.75) is 44.6 Å². The lowest BCUT2D eigenvalue weighted by molar-refractivity contribution is -0.141. The highest BCUT2D eigenvalue weighted by Crippen LogP contribution is 2.40. The van der Waals surface area contributed by atoms with Gasteiger partial charge in [0.2, 0.25) is 0 Å². The van der Waals surface area contributed by atoms with Crippen LogP contribution in [0, 0.1) is 19.7 Å². The van der Waals surface area contributed by atoms with Crippen LogP contribution in [0.25, 0.3) is 11.6 Å². The van der Waals surface area contributed by atoms with Gasteiger partial charge in [-0.25, -0.2) is 12.8 Å². The van der Waals surface area contributed by atoms with Crippen LogP contribution in [0.15, 0.2) is 59.5 Å². The minimum absolute atomic E-state index is 0.0184. The van der Waals surface area contributed by atoms with E-state index in [1.165, 1.54) is 23.5 Å². The van der Waals surface area contributed by atoms with Crippen molar-refractivity contribution in [2.24, 2.45) is 0 Å². The third-order valence-corrected chi connectivity index (χ3v) is 8.71. The van der Waals surface area contributed by atoms with Gasteiger partial charge in [0.15, 0.2) is 0 Å². The molecule has 1 atom stereocenters. The topological polar surface area (TPSA) is 72.9 Å². The van der Waals surface area contributed by atoms with Gasteiger partial charge in [-0.05, 0) is 85.9 Å². The number of ether oxygens (including phenoxy) is 2. The molecule has 1 aliphatic rings. The summed E-state index contributed by atoms with van der Waals surface area (Å²) < 4.78 is 54.4. The number of hydrogen-bond donors (Lipinski definition) is 0. The fourth-order valence-corrected chi connectivity index (χ4v) is 6.27. The molecular weight excluding hydrogens is 529 g/mol. The molecule has 1 heterocycles. The minimum Gasteiger partial charge on any atom is -0.486 e. The highest BCUT2D eigenvalue weighted by Gasteiger charge is 2.35. The fourth-order valence-electron chi connectivity index (χ4n) is 4.38. The Balaban J connectivity index is 1.78. The van der Waals surface area contributed by atoms with E-state index < -0.39 is 27.9 Å². The van der Waals surface area contributed by atoms with Crippen LogP contribution in [0.4, 0.5) is 10.1 Å². The molecule has 0 fully saturated rings. The summed E-state index contributed by atoms with van der Waals surface area (Å²) in [6.07, 6.45) is 1.58. The Labute approximate surface area is 227 Å². The highest BCUT2D eigenvalue weighted by molar-refractivity contribution is 7.92. The Bertz CT molecular complexity index is 1500. The number of aryl methyl sites for hydroxylation is 2. The summed E-state index contributed by atoms with van der Waals surface area (Å²) in [6, 6.07) is 14.7. The third-order valence-electron chi connectivity index (χ3n) is 6.62. The molecule has 38 heavy (non-hydrogen) atoms. The monoisotopic (exact) mass is 557 g/mol. The second-order valence-corrected chi connectivity index (χ2v) is 11.6. The number of esters is 1. The average Bonchev–Trinajstić information content (AvgIpc) is 2.88. The van der Waals surface area contributed by atoms with Crippen LogP contribution < -0.4 is 9.04 Å². The summed E-state index contributed by atoms with van der Waals surface area (Å²) >= 11 is 6.24. The van der Waals surface area contributed by atoms with Crippen LogP contribution in [0.3, 0.4) is 0 Å². The van der Waals surface area contributed by atoms with Crippen molar-refractivity contribution < 1.29 is 27.1 Å². The van der Waals surface area contributed by atoms with E-state index in [2.05, 4.69) is 0 Å². The fraction of sp³-hybridized carbons (Fsp3) is 0.276. The van der Waals surface area contributed by atoms with Crippen molar-refractivity contribution in [3.63, 3.8) is 0 Å². The molecule has 200 valence electrons. The van der Waals surface area contributed by atoms with Crippen molar-refractivity contribution in [1.82, 2.24) is 0 Å². The summed E-state index contributed by atoms with van der Waals surface area (Å²) in [5.74, 6) is -0.470. The van der Waals surface area contributed by atoms with Crippen LogP contribution in [-0.4, -0.2) is 34.1 Å². The number of hydrogen-bond acceptors (Lipinski definition) is 5. The first-order chi connectivity index (χ1) is 18.0. The number of methoxy groups -OCH3 is 1. The van der Waals surface area contributed by atoms with E-state index in [0.29, 0.717) is 22.6 Å². The molecular formula is C29H29ClFNO5S. The molecule has 0 amide bonds. The molecule has 0 radical (unpaired) electrons. The van der Waals surface area contributed by atoms with E-state index in [-0.39, 0.29) is 34.9 Å². The number of halogens is 2. The Morgan fingerprint density at radius 3 is 2.61 bits per heavy atom. The van der Waals surface area contributed by atoms with Crippen molar-refractivity contribution in [3.8, 4) is 5.75 Å². The Morgan fingerprint density at radius 2 is 1.92 bits per heavy atom. The second-order valence-electron chi connectivity index (χ2n) is 9.29. The molecule has 0 aliphatic carbocycles. The molecule has 9 heteroatoms. The quantitative estimate of drug-likeness (QED) is 0.243. The van der Waals surface area contributed by atoms with Gasteiger partial charge in [0, 0.05) is 12.0 Å². The molecule has 3 aromatic carbocycles. The normalized spacial score (nSPS) is 15.6. The molecule has 0 aromatic heterocycles. The summed E-state index contributed by atoms with van der Waals surface area (Å²) in [5.41, 5.74) is 3.72. The predicted octanol–water partition coefficient (Wildman–Crippen LogP) is 6.57. The molecule has 6 nitrogen and oxygen atoms in total. The zero-order valence-corrected chi connectivity index (χ0v) is 23.2. The van der Waals surface area contributed by atoms with Gasteiger partial charge in [0.05, 0.1) is 29.3 Å².